The third-order valence-electron chi connectivity index (χ3n) is 4.53. The van der Waals surface area contributed by atoms with Gasteiger partial charge < -0.3 is 5.11 Å². The lowest BCUT2D eigenvalue weighted by molar-refractivity contribution is 0.0725. The second kappa shape index (κ2) is 6.36. The molecule has 1 aliphatic carbocycles. The second-order valence-corrected chi connectivity index (χ2v) is 6.06. The van der Waals surface area contributed by atoms with E-state index in [1.54, 1.807) is 0 Å². The smallest absolute Gasteiger partial charge is 0.0628 e. The summed E-state index contributed by atoms with van der Waals surface area (Å²) in [6.07, 6.45) is 11.6. The van der Waals surface area contributed by atoms with Gasteiger partial charge in [-0.25, -0.2) is 0 Å². The van der Waals surface area contributed by atoms with E-state index in [-0.39, 0.29) is 18.1 Å². The van der Waals surface area contributed by atoms with Crippen molar-refractivity contribution in [1.82, 2.24) is 4.90 Å². The molecule has 0 bridgehead atoms. The summed E-state index contributed by atoms with van der Waals surface area (Å²) >= 11 is 0. The number of hydrogen-bond acceptors (Lipinski definition) is 3. The molecule has 1 unspecified atom stereocenters. The molecular weight excluding hydrogens is 236 g/mol. The molecule has 1 N–H and O–H groups in total. The Morgan fingerprint density at radius 1 is 1.42 bits per heavy atom. The van der Waals surface area contributed by atoms with Crippen LogP contribution in [-0.2, 0) is 0 Å². The van der Waals surface area contributed by atoms with Gasteiger partial charge in [0.05, 0.1) is 18.7 Å². The molecule has 0 spiro atoms. The van der Waals surface area contributed by atoms with Crippen molar-refractivity contribution in [3.05, 3.63) is 23.8 Å². The minimum atomic E-state index is 0.142. The van der Waals surface area contributed by atoms with Crippen LogP contribution in [0.5, 0.6) is 0 Å². The second-order valence-electron chi connectivity index (χ2n) is 6.06. The van der Waals surface area contributed by atoms with Crippen LogP contribution in [0, 0.1) is 16.7 Å². The van der Waals surface area contributed by atoms with Gasteiger partial charge in [-0.05, 0) is 49.8 Å². The van der Waals surface area contributed by atoms with Crippen molar-refractivity contribution in [3.8, 4) is 6.07 Å². The zero-order valence-electron chi connectivity index (χ0n) is 11.8. The van der Waals surface area contributed by atoms with E-state index in [0.717, 1.165) is 38.8 Å². The van der Waals surface area contributed by atoms with Crippen LogP contribution in [0.1, 0.15) is 39.0 Å². The number of nitriles is 1. The molecule has 1 aliphatic heterocycles. The van der Waals surface area contributed by atoms with Gasteiger partial charge in [-0.3, -0.25) is 4.90 Å². The highest BCUT2D eigenvalue weighted by Gasteiger charge is 2.33. The molecule has 1 heterocycles. The minimum Gasteiger partial charge on any atom is -0.394 e. The van der Waals surface area contributed by atoms with E-state index < -0.39 is 0 Å². The summed E-state index contributed by atoms with van der Waals surface area (Å²) in [5, 5.41) is 18.6. The molecule has 1 fully saturated rings. The summed E-state index contributed by atoms with van der Waals surface area (Å²) in [5.74, 6) is 0. The maximum absolute atomic E-state index is 9.70. The molecule has 0 aromatic rings. The molecule has 1 atom stereocenters. The number of aliphatic hydroxyl groups is 1. The van der Waals surface area contributed by atoms with Gasteiger partial charge in [-0.2, -0.15) is 5.26 Å². The average molecular weight is 260 g/mol. The van der Waals surface area contributed by atoms with Gasteiger partial charge in [-0.1, -0.05) is 25.2 Å². The molecule has 0 radical (unpaired) electrons. The summed E-state index contributed by atoms with van der Waals surface area (Å²) in [4.78, 5) is 2.38. The van der Waals surface area contributed by atoms with E-state index in [4.69, 9.17) is 5.26 Å². The molecule has 0 saturated carbocycles. The van der Waals surface area contributed by atoms with Crippen molar-refractivity contribution >= 4 is 0 Å². The molecule has 0 amide bonds. The third kappa shape index (κ3) is 3.46. The highest BCUT2D eigenvalue weighted by molar-refractivity contribution is 5.28. The summed E-state index contributed by atoms with van der Waals surface area (Å²) in [6.45, 7) is 4.36. The van der Waals surface area contributed by atoms with E-state index in [0.29, 0.717) is 6.42 Å². The van der Waals surface area contributed by atoms with Gasteiger partial charge in [0.25, 0.3) is 0 Å². The molecular formula is C16H24N2O. The minimum absolute atomic E-state index is 0.142. The Kier molecular flexibility index (Phi) is 4.79. The molecule has 19 heavy (non-hydrogen) atoms. The molecule has 0 aromatic heterocycles. The topological polar surface area (TPSA) is 47.3 Å². The first kappa shape index (κ1) is 14.3. The largest absolute Gasteiger partial charge is 0.394 e. The first-order valence-corrected chi connectivity index (χ1v) is 7.27. The van der Waals surface area contributed by atoms with Crippen LogP contribution in [0.4, 0.5) is 0 Å². The zero-order valence-corrected chi connectivity index (χ0v) is 11.8. The summed E-state index contributed by atoms with van der Waals surface area (Å²) in [5.41, 5.74) is 1.43. The Morgan fingerprint density at radius 2 is 2.16 bits per heavy atom. The number of aliphatic hydroxyl groups excluding tert-OH is 1. The number of rotatable bonds is 4. The van der Waals surface area contributed by atoms with Crippen LogP contribution < -0.4 is 0 Å². The number of piperidine rings is 1. The zero-order chi connectivity index (χ0) is 13.7. The maximum Gasteiger partial charge on any atom is 0.0628 e. The van der Waals surface area contributed by atoms with Crippen molar-refractivity contribution in [2.45, 2.75) is 45.1 Å². The standard InChI is InChI=1S/C16H24N2O/c1-16(7-10-17)8-11-18(12-9-16)15(13-19)14-5-3-2-4-6-14/h3,5-6,15,19H,2,4,7-9,11-13H2,1H3. The van der Waals surface area contributed by atoms with Crippen molar-refractivity contribution < 1.29 is 5.11 Å². The van der Waals surface area contributed by atoms with Crippen molar-refractivity contribution in [3.63, 3.8) is 0 Å². The lowest BCUT2D eigenvalue weighted by Gasteiger charge is -2.42. The van der Waals surface area contributed by atoms with E-state index in [9.17, 15) is 5.11 Å². The predicted octanol–water partition coefficient (Wildman–Crippen LogP) is 2.64. The molecule has 2 rings (SSSR count). The molecule has 104 valence electrons. The number of nitrogens with zero attached hydrogens (tertiary/aromatic N) is 2. The van der Waals surface area contributed by atoms with Crippen LogP contribution in [0.15, 0.2) is 23.8 Å². The van der Waals surface area contributed by atoms with Crippen LogP contribution in [0.25, 0.3) is 0 Å². The summed E-state index contributed by atoms with van der Waals surface area (Å²) < 4.78 is 0. The quantitative estimate of drug-likeness (QED) is 0.845. The lowest BCUT2D eigenvalue weighted by atomic mass is 9.77. The highest BCUT2D eigenvalue weighted by atomic mass is 16.3. The van der Waals surface area contributed by atoms with E-state index in [1.807, 2.05) is 0 Å². The molecule has 1 saturated heterocycles. The van der Waals surface area contributed by atoms with Gasteiger partial charge in [0.2, 0.25) is 0 Å². The first-order valence-electron chi connectivity index (χ1n) is 7.27. The normalized spacial score (nSPS) is 24.6. The van der Waals surface area contributed by atoms with Gasteiger partial charge in [0.1, 0.15) is 0 Å². The monoisotopic (exact) mass is 260 g/mol. The highest BCUT2D eigenvalue weighted by Crippen LogP contribution is 2.35. The van der Waals surface area contributed by atoms with E-state index in [1.165, 1.54) is 5.57 Å². The predicted molar refractivity (Wildman–Crippen MR) is 76.5 cm³/mol. The summed E-state index contributed by atoms with van der Waals surface area (Å²) in [6, 6.07) is 2.45. The molecule has 2 aliphatic rings. The van der Waals surface area contributed by atoms with E-state index >= 15 is 0 Å². The van der Waals surface area contributed by atoms with E-state index in [2.05, 4.69) is 36.1 Å². The number of hydrogen-bond donors (Lipinski definition) is 1. The number of likely N-dealkylation sites (tertiary alicyclic amines) is 1. The fraction of sp³-hybridized carbons (Fsp3) is 0.688. The van der Waals surface area contributed by atoms with Crippen LogP contribution in [0.3, 0.4) is 0 Å². The Labute approximate surface area is 116 Å². The third-order valence-corrected chi connectivity index (χ3v) is 4.53. The summed E-state index contributed by atoms with van der Waals surface area (Å²) in [7, 11) is 0. The number of allylic oxidation sites excluding steroid dienone is 2. The molecule has 3 nitrogen and oxygen atoms in total. The Hall–Kier alpha value is -1.11. The average Bonchev–Trinajstić information content (AvgIpc) is 2.43. The fourth-order valence-corrected chi connectivity index (χ4v) is 3.06. The van der Waals surface area contributed by atoms with Crippen LogP contribution in [-0.4, -0.2) is 35.7 Å². The SMILES string of the molecule is CC1(CC#N)CCN(C(CO)C2=CCCC=C2)CC1. The Bertz CT molecular complexity index is 397. The van der Waals surface area contributed by atoms with Crippen molar-refractivity contribution in [2.24, 2.45) is 5.41 Å². The van der Waals surface area contributed by atoms with Crippen LogP contribution >= 0.6 is 0 Å². The maximum atomic E-state index is 9.70. The molecule has 0 aromatic carbocycles. The Balaban J connectivity index is 1.97. The van der Waals surface area contributed by atoms with Gasteiger partial charge >= 0.3 is 0 Å². The fourth-order valence-electron chi connectivity index (χ4n) is 3.06. The van der Waals surface area contributed by atoms with Gasteiger partial charge in [0, 0.05) is 6.42 Å². The van der Waals surface area contributed by atoms with Crippen molar-refractivity contribution in [1.29, 1.82) is 5.26 Å². The Morgan fingerprint density at radius 3 is 2.68 bits per heavy atom. The first-order chi connectivity index (χ1) is 9.18. The molecule has 3 heteroatoms. The van der Waals surface area contributed by atoms with Crippen molar-refractivity contribution in [2.75, 3.05) is 19.7 Å². The van der Waals surface area contributed by atoms with Gasteiger partial charge in [-0.15, -0.1) is 0 Å². The van der Waals surface area contributed by atoms with Gasteiger partial charge in [0.15, 0.2) is 0 Å². The lowest BCUT2D eigenvalue weighted by Crippen LogP contribution is -2.46. The van der Waals surface area contributed by atoms with Crippen LogP contribution in [0.2, 0.25) is 0 Å².